The largest absolute Gasteiger partial charge is 0.370 e. The maximum absolute atomic E-state index is 11.9. The summed E-state index contributed by atoms with van der Waals surface area (Å²) in [7, 11) is -3.00. The molecule has 3 rings (SSSR count). The molecule has 0 atom stereocenters. The van der Waals surface area contributed by atoms with Crippen LogP contribution >= 0.6 is 11.6 Å². The molecule has 0 bridgehead atoms. The number of fused-ring (bicyclic) bond motifs is 1. The van der Waals surface area contributed by atoms with Crippen LogP contribution in [0.15, 0.2) is 18.2 Å². The van der Waals surface area contributed by atoms with E-state index in [0.29, 0.717) is 18.8 Å². The Labute approximate surface area is 131 Å². The lowest BCUT2D eigenvalue weighted by Crippen LogP contribution is -2.36. The molecule has 0 aliphatic carbocycles. The average Bonchev–Trinajstić information content (AvgIpc) is 2.66. The molecule has 0 unspecified atom stereocenters. The molecule has 1 aromatic carbocycles. The summed E-state index contributed by atoms with van der Waals surface area (Å²) >= 11 is 6.09. The van der Waals surface area contributed by atoms with Crippen LogP contribution in [0.4, 0.5) is 5.69 Å². The summed E-state index contributed by atoms with van der Waals surface area (Å²) in [5.74, 6) is 0.305. The molecule has 0 radical (unpaired) electrons. The van der Waals surface area contributed by atoms with Crippen LogP contribution in [0.2, 0.25) is 5.02 Å². The van der Waals surface area contributed by atoms with Gasteiger partial charge in [-0.1, -0.05) is 11.6 Å². The summed E-state index contributed by atoms with van der Waals surface area (Å²) in [6.07, 6.45) is 4.10. The van der Waals surface area contributed by atoms with Gasteiger partial charge < -0.3 is 4.90 Å². The van der Waals surface area contributed by atoms with Crippen molar-refractivity contribution in [3.05, 3.63) is 28.8 Å². The highest BCUT2D eigenvalue weighted by atomic mass is 35.5. The first kappa shape index (κ1) is 15.1. The van der Waals surface area contributed by atoms with Gasteiger partial charge in [-0.15, -0.1) is 0 Å². The van der Waals surface area contributed by atoms with Crippen LogP contribution in [-0.2, 0) is 16.4 Å². The van der Waals surface area contributed by atoms with Gasteiger partial charge >= 0.3 is 0 Å². The van der Waals surface area contributed by atoms with Crippen LogP contribution in [0.5, 0.6) is 0 Å². The van der Waals surface area contributed by atoms with Crippen LogP contribution in [0, 0.1) is 0 Å². The molecule has 4 nitrogen and oxygen atoms in total. The zero-order chi connectivity index (χ0) is 14.9. The first-order chi connectivity index (χ1) is 10.1. The molecule has 0 saturated carbocycles. The Morgan fingerprint density at radius 3 is 2.71 bits per heavy atom. The van der Waals surface area contributed by atoms with E-state index < -0.39 is 10.0 Å². The van der Waals surface area contributed by atoms with Gasteiger partial charge in [-0.25, -0.2) is 12.7 Å². The van der Waals surface area contributed by atoms with E-state index in [1.54, 1.807) is 4.31 Å². The van der Waals surface area contributed by atoms with Crippen LogP contribution in [0.25, 0.3) is 0 Å². The molecular formula is C15H21ClN2O2S. The number of nitrogens with zero attached hydrogens (tertiary/aromatic N) is 2. The zero-order valence-electron chi connectivity index (χ0n) is 12.1. The highest BCUT2D eigenvalue weighted by molar-refractivity contribution is 7.89. The molecule has 1 fully saturated rings. The van der Waals surface area contributed by atoms with E-state index >= 15 is 0 Å². The third-order valence-electron chi connectivity index (χ3n) is 4.33. The molecule has 0 aromatic heterocycles. The van der Waals surface area contributed by atoms with Gasteiger partial charge in [0.2, 0.25) is 10.0 Å². The third kappa shape index (κ3) is 3.35. The maximum Gasteiger partial charge on any atom is 0.214 e. The van der Waals surface area contributed by atoms with Crippen molar-refractivity contribution in [3.8, 4) is 0 Å². The Hall–Kier alpha value is -0.780. The number of sulfonamides is 1. The summed E-state index contributed by atoms with van der Waals surface area (Å²) in [6, 6.07) is 6.04. The minimum Gasteiger partial charge on any atom is -0.370 e. The van der Waals surface area contributed by atoms with Gasteiger partial charge in [-0.3, -0.25) is 0 Å². The van der Waals surface area contributed by atoms with Crippen molar-refractivity contribution in [1.29, 1.82) is 0 Å². The molecule has 0 N–H and O–H groups in total. The lowest BCUT2D eigenvalue weighted by Gasteiger charge is -2.27. The number of aryl methyl sites for hydroxylation is 1. The molecule has 0 amide bonds. The Morgan fingerprint density at radius 2 is 1.95 bits per heavy atom. The number of anilines is 1. The van der Waals surface area contributed by atoms with Crippen molar-refractivity contribution < 1.29 is 8.42 Å². The van der Waals surface area contributed by atoms with Crippen LogP contribution in [0.3, 0.4) is 0 Å². The smallest absolute Gasteiger partial charge is 0.214 e. The van der Waals surface area contributed by atoms with Gasteiger partial charge in [0, 0.05) is 36.9 Å². The molecular weight excluding hydrogens is 308 g/mol. The topological polar surface area (TPSA) is 40.6 Å². The molecule has 2 aliphatic rings. The fraction of sp³-hybridized carbons (Fsp3) is 0.600. The number of rotatable bonds is 3. The normalized spacial score (nSPS) is 22.0. The molecule has 2 heterocycles. The lowest BCUT2D eigenvalue weighted by atomic mass is 10.1. The standard InChI is InChI=1S/C15H21ClN2O2S/c16-14-5-6-15-13(12-14)4-1-2-7-17(15)9-10-18-8-3-11-21(18,19)20/h5-6,12H,1-4,7-11H2. The molecule has 0 spiro atoms. The Bertz CT molecular complexity index is 618. The van der Waals surface area contributed by atoms with E-state index in [1.165, 1.54) is 11.3 Å². The van der Waals surface area contributed by atoms with Gasteiger partial charge in [-0.2, -0.15) is 0 Å². The fourth-order valence-corrected chi connectivity index (χ4v) is 4.92. The van der Waals surface area contributed by atoms with Gasteiger partial charge in [-0.05, 0) is 49.4 Å². The first-order valence-corrected chi connectivity index (χ1v) is 9.56. The van der Waals surface area contributed by atoms with E-state index in [-0.39, 0.29) is 0 Å². The predicted molar refractivity (Wildman–Crippen MR) is 86.6 cm³/mol. The monoisotopic (exact) mass is 328 g/mol. The quantitative estimate of drug-likeness (QED) is 0.856. The van der Waals surface area contributed by atoms with Crippen molar-refractivity contribution in [1.82, 2.24) is 4.31 Å². The molecule has 1 aromatic rings. The second-order valence-corrected chi connectivity index (χ2v) is 8.31. The molecule has 1 saturated heterocycles. The van der Waals surface area contributed by atoms with Gasteiger partial charge in [0.25, 0.3) is 0 Å². The summed E-state index contributed by atoms with van der Waals surface area (Å²) in [4.78, 5) is 2.31. The molecule has 21 heavy (non-hydrogen) atoms. The Kier molecular flexibility index (Phi) is 4.43. The molecule has 6 heteroatoms. The minimum atomic E-state index is -3.00. The maximum atomic E-state index is 11.9. The summed E-state index contributed by atoms with van der Waals surface area (Å²) < 4.78 is 25.4. The van der Waals surface area contributed by atoms with E-state index in [4.69, 9.17) is 11.6 Å². The van der Waals surface area contributed by atoms with Crippen LogP contribution in [0.1, 0.15) is 24.8 Å². The zero-order valence-corrected chi connectivity index (χ0v) is 13.7. The van der Waals surface area contributed by atoms with E-state index in [9.17, 15) is 8.42 Å². The Balaban J connectivity index is 1.74. The number of benzene rings is 1. The van der Waals surface area contributed by atoms with Crippen LogP contribution in [-0.4, -0.2) is 44.7 Å². The van der Waals surface area contributed by atoms with Crippen molar-refractivity contribution in [3.63, 3.8) is 0 Å². The van der Waals surface area contributed by atoms with Crippen molar-refractivity contribution in [2.45, 2.75) is 25.7 Å². The highest BCUT2D eigenvalue weighted by Crippen LogP contribution is 2.29. The molecule has 2 aliphatic heterocycles. The van der Waals surface area contributed by atoms with Crippen molar-refractivity contribution in [2.24, 2.45) is 0 Å². The number of hydrogen-bond acceptors (Lipinski definition) is 3. The van der Waals surface area contributed by atoms with Crippen molar-refractivity contribution >= 4 is 27.3 Å². The van der Waals surface area contributed by atoms with Gasteiger partial charge in [0.05, 0.1) is 5.75 Å². The average molecular weight is 329 g/mol. The summed E-state index contributed by atoms with van der Waals surface area (Å²) in [5, 5.41) is 0.776. The Morgan fingerprint density at radius 1 is 1.10 bits per heavy atom. The van der Waals surface area contributed by atoms with E-state index in [1.807, 2.05) is 12.1 Å². The predicted octanol–water partition coefficient (Wildman–Crippen LogP) is 2.52. The minimum absolute atomic E-state index is 0.305. The summed E-state index contributed by atoms with van der Waals surface area (Å²) in [5.41, 5.74) is 2.50. The number of halogens is 1. The lowest BCUT2D eigenvalue weighted by molar-refractivity contribution is 0.445. The third-order valence-corrected chi connectivity index (χ3v) is 6.52. The van der Waals surface area contributed by atoms with Crippen LogP contribution < -0.4 is 4.90 Å². The first-order valence-electron chi connectivity index (χ1n) is 7.57. The summed E-state index contributed by atoms with van der Waals surface area (Å²) in [6.45, 7) is 3.00. The van der Waals surface area contributed by atoms with Gasteiger partial charge in [0.1, 0.15) is 0 Å². The second-order valence-electron chi connectivity index (χ2n) is 5.79. The number of hydrogen-bond donors (Lipinski definition) is 0. The molecule has 116 valence electrons. The van der Waals surface area contributed by atoms with Crippen molar-refractivity contribution in [2.75, 3.05) is 36.8 Å². The van der Waals surface area contributed by atoms with E-state index in [0.717, 1.165) is 43.8 Å². The highest BCUT2D eigenvalue weighted by Gasteiger charge is 2.28. The second kappa shape index (κ2) is 6.15. The van der Waals surface area contributed by atoms with Gasteiger partial charge in [0.15, 0.2) is 0 Å². The SMILES string of the molecule is O=S1(=O)CCCN1CCN1CCCCc2cc(Cl)ccc21. The fourth-order valence-electron chi connectivity index (χ4n) is 3.21. The van der Waals surface area contributed by atoms with E-state index in [2.05, 4.69) is 11.0 Å².